The number of nitrogen functional groups attached to an aromatic ring is 1. The van der Waals surface area contributed by atoms with Crippen molar-refractivity contribution in [3.8, 4) is 0 Å². The van der Waals surface area contributed by atoms with Gasteiger partial charge >= 0.3 is 0 Å². The lowest BCUT2D eigenvalue weighted by Gasteiger charge is -2.08. The largest absolute Gasteiger partial charge is 0.399 e. The number of aryl methyl sites for hydroxylation is 2. The van der Waals surface area contributed by atoms with Crippen LogP contribution in [0.4, 0.5) is 11.6 Å². The Morgan fingerprint density at radius 1 is 1.04 bits per heavy atom. The van der Waals surface area contributed by atoms with Crippen LogP contribution >= 0.6 is 11.6 Å². The van der Waals surface area contributed by atoms with E-state index in [1.807, 2.05) is 0 Å². The predicted octanol–water partition coefficient (Wildman–Crippen LogP) is 2.61. The summed E-state index contributed by atoms with van der Waals surface area (Å²) in [5.41, 5.74) is 7.42. The van der Waals surface area contributed by atoms with Gasteiger partial charge in [-0.05, 0) is 56.3 Å². The topological polar surface area (TPSA) is 124 Å². The summed E-state index contributed by atoms with van der Waals surface area (Å²) in [6.45, 7) is 3.55. The van der Waals surface area contributed by atoms with Crippen molar-refractivity contribution in [3.63, 3.8) is 0 Å². The second-order valence-corrected chi connectivity index (χ2v) is 7.26. The van der Waals surface area contributed by atoms with Crippen LogP contribution in [0, 0.1) is 13.8 Å². The van der Waals surface area contributed by atoms with Crippen LogP contribution in [-0.4, -0.2) is 28.6 Å². The highest BCUT2D eigenvalue weighted by Gasteiger charge is 2.15. The lowest BCUT2D eigenvalue weighted by Crippen LogP contribution is -2.15. The predicted molar refractivity (Wildman–Crippen MR) is 100 cm³/mol. The number of sulfonamides is 1. The van der Waals surface area contributed by atoms with Gasteiger partial charge in [0.05, 0.1) is 4.90 Å². The van der Waals surface area contributed by atoms with Gasteiger partial charge in [0, 0.05) is 23.3 Å². The number of hydrogen-bond acceptors (Lipinski definition) is 7. The zero-order chi connectivity index (χ0) is 19.2. The molecule has 0 atom stereocenters. The van der Waals surface area contributed by atoms with Gasteiger partial charge in [-0.2, -0.15) is 5.10 Å². The van der Waals surface area contributed by atoms with Crippen molar-refractivity contribution in [1.29, 1.82) is 0 Å². The Kier molecular flexibility index (Phi) is 6.42. The van der Waals surface area contributed by atoms with E-state index in [1.165, 1.54) is 24.3 Å². The zero-order valence-corrected chi connectivity index (χ0v) is 15.7. The van der Waals surface area contributed by atoms with E-state index in [2.05, 4.69) is 24.9 Å². The molecule has 0 fully saturated rings. The Bertz CT molecular complexity index is 946. The van der Waals surface area contributed by atoms with Crippen LogP contribution in [0.3, 0.4) is 0 Å². The number of anilines is 2. The molecular weight excluding hydrogens is 376 g/mol. The van der Waals surface area contributed by atoms with E-state index < -0.39 is 10.0 Å². The van der Waals surface area contributed by atoms with E-state index in [0.717, 1.165) is 0 Å². The van der Waals surface area contributed by atoms with E-state index >= 15 is 0 Å². The second-order valence-electron chi connectivity index (χ2n) is 5.20. The Morgan fingerprint density at radius 2 is 1.65 bits per heavy atom. The molecule has 3 aromatic rings. The first kappa shape index (κ1) is 19.5. The standard InChI is InChI=1S/C12H14N4O2S.C4H3ClN2/c1-8-7-9(2)15-12(14-8)16-19(17,18)11-5-3-10(13)4-6-11;5-4-2-1-3-6-7-4/h3-7H,13H2,1-2H3,(H,14,15,16);1-3H. The minimum Gasteiger partial charge on any atom is -0.399 e. The van der Waals surface area contributed by atoms with E-state index in [0.29, 0.717) is 22.2 Å². The van der Waals surface area contributed by atoms with Gasteiger partial charge in [0.1, 0.15) is 0 Å². The van der Waals surface area contributed by atoms with Gasteiger partial charge in [-0.15, -0.1) is 5.10 Å². The van der Waals surface area contributed by atoms with Gasteiger partial charge in [-0.1, -0.05) is 11.6 Å². The summed E-state index contributed by atoms with van der Waals surface area (Å²) in [6.07, 6.45) is 1.58. The monoisotopic (exact) mass is 392 g/mol. The molecule has 1 aromatic carbocycles. The van der Waals surface area contributed by atoms with Crippen molar-refractivity contribution in [3.05, 3.63) is 65.2 Å². The summed E-state index contributed by atoms with van der Waals surface area (Å²) in [5, 5.41) is 7.43. The van der Waals surface area contributed by atoms with Crippen molar-refractivity contribution in [2.75, 3.05) is 10.5 Å². The fraction of sp³-hybridized carbons (Fsp3) is 0.125. The first-order valence-corrected chi connectivity index (χ1v) is 9.26. The van der Waals surface area contributed by atoms with Crippen molar-refractivity contribution >= 4 is 33.3 Å². The van der Waals surface area contributed by atoms with E-state index in [4.69, 9.17) is 17.3 Å². The molecule has 2 aromatic heterocycles. The zero-order valence-electron chi connectivity index (χ0n) is 14.1. The third-order valence-electron chi connectivity index (χ3n) is 2.94. The molecule has 0 aliphatic heterocycles. The molecule has 3 rings (SSSR count). The van der Waals surface area contributed by atoms with E-state index in [9.17, 15) is 8.42 Å². The number of hydrogen-bond donors (Lipinski definition) is 2. The summed E-state index contributed by atoms with van der Waals surface area (Å²) in [6, 6.07) is 11.1. The normalized spacial score (nSPS) is 10.6. The molecule has 0 bridgehead atoms. The van der Waals surface area contributed by atoms with E-state index in [-0.39, 0.29) is 10.8 Å². The van der Waals surface area contributed by atoms with Crippen LogP contribution in [0.15, 0.2) is 53.6 Å². The summed E-state index contributed by atoms with van der Waals surface area (Å²) >= 11 is 5.37. The van der Waals surface area contributed by atoms with Gasteiger partial charge in [0.2, 0.25) is 5.95 Å². The second kappa shape index (κ2) is 8.54. The fourth-order valence-electron chi connectivity index (χ4n) is 1.88. The van der Waals surface area contributed by atoms with E-state index in [1.54, 1.807) is 38.2 Å². The highest BCUT2D eigenvalue weighted by atomic mass is 35.5. The number of rotatable bonds is 3. The smallest absolute Gasteiger partial charge is 0.264 e. The maximum absolute atomic E-state index is 12.1. The highest BCUT2D eigenvalue weighted by Crippen LogP contribution is 2.15. The molecular formula is C16H17ClN6O2S. The quantitative estimate of drug-likeness (QED) is 0.656. The first-order valence-electron chi connectivity index (χ1n) is 7.40. The summed E-state index contributed by atoms with van der Waals surface area (Å²) in [4.78, 5) is 8.19. The van der Waals surface area contributed by atoms with Crippen LogP contribution in [0.25, 0.3) is 0 Å². The Labute approximate surface area is 156 Å². The molecule has 0 spiro atoms. The molecule has 136 valence electrons. The van der Waals surface area contributed by atoms with Gasteiger partial charge in [-0.25, -0.2) is 23.1 Å². The van der Waals surface area contributed by atoms with Crippen LogP contribution in [0.5, 0.6) is 0 Å². The number of nitrogens with two attached hydrogens (primary N) is 1. The maximum Gasteiger partial charge on any atom is 0.264 e. The number of nitrogens with zero attached hydrogens (tertiary/aromatic N) is 4. The molecule has 0 radical (unpaired) electrons. The van der Waals surface area contributed by atoms with Crippen LogP contribution in [0.1, 0.15) is 11.4 Å². The summed E-state index contributed by atoms with van der Waals surface area (Å²) in [7, 11) is -3.69. The molecule has 26 heavy (non-hydrogen) atoms. The average Bonchev–Trinajstić information content (AvgIpc) is 2.55. The molecule has 0 aliphatic carbocycles. The van der Waals surface area contributed by atoms with Gasteiger partial charge in [0.15, 0.2) is 5.15 Å². The minimum atomic E-state index is -3.69. The number of halogens is 1. The van der Waals surface area contributed by atoms with Crippen molar-refractivity contribution in [1.82, 2.24) is 20.2 Å². The molecule has 3 N–H and O–H groups in total. The average molecular weight is 393 g/mol. The number of nitrogens with one attached hydrogen (secondary N) is 1. The van der Waals surface area contributed by atoms with Crippen molar-refractivity contribution < 1.29 is 8.42 Å². The van der Waals surface area contributed by atoms with Crippen LogP contribution < -0.4 is 10.5 Å². The number of benzene rings is 1. The molecule has 0 saturated heterocycles. The fourth-order valence-corrected chi connectivity index (χ4v) is 2.94. The Morgan fingerprint density at radius 3 is 2.12 bits per heavy atom. The van der Waals surface area contributed by atoms with Crippen LogP contribution in [-0.2, 0) is 10.0 Å². The van der Waals surface area contributed by atoms with Gasteiger partial charge in [-0.3, -0.25) is 0 Å². The molecule has 0 aliphatic rings. The number of aromatic nitrogens is 4. The minimum absolute atomic E-state index is 0.0642. The summed E-state index contributed by atoms with van der Waals surface area (Å²) < 4.78 is 26.6. The third kappa shape index (κ3) is 5.94. The van der Waals surface area contributed by atoms with Crippen molar-refractivity contribution in [2.24, 2.45) is 0 Å². The Hall–Kier alpha value is -2.78. The van der Waals surface area contributed by atoms with Crippen LogP contribution in [0.2, 0.25) is 5.15 Å². The molecule has 2 heterocycles. The maximum atomic E-state index is 12.1. The lowest BCUT2D eigenvalue weighted by molar-refractivity contribution is 0.601. The molecule has 0 saturated carbocycles. The van der Waals surface area contributed by atoms with Crippen molar-refractivity contribution in [2.45, 2.75) is 18.7 Å². The highest BCUT2D eigenvalue weighted by molar-refractivity contribution is 7.92. The molecule has 0 unspecified atom stereocenters. The molecule has 0 amide bonds. The summed E-state index contributed by atoms with van der Waals surface area (Å²) in [5.74, 6) is 0.0642. The Balaban J connectivity index is 0.000000290. The van der Waals surface area contributed by atoms with Gasteiger partial charge in [0.25, 0.3) is 10.0 Å². The first-order chi connectivity index (χ1) is 12.3. The third-order valence-corrected chi connectivity index (χ3v) is 4.48. The molecule has 10 heteroatoms. The SMILES string of the molecule is Cc1cc(C)nc(NS(=O)(=O)c2ccc(N)cc2)n1.Clc1cccnn1. The van der Waals surface area contributed by atoms with Gasteiger partial charge < -0.3 is 5.73 Å². The molecule has 8 nitrogen and oxygen atoms in total. The lowest BCUT2D eigenvalue weighted by atomic mass is 10.3.